The van der Waals surface area contributed by atoms with E-state index >= 15 is 0 Å². The van der Waals surface area contributed by atoms with Gasteiger partial charge in [0, 0.05) is 23.4 Å². The van der Waals surface area contributed by atoms with Crippen LogP contribution in [0, 0.1) is 17.0 Å². The number of nitrogens with zero attached hydrogens (tertiary/aromatic N) is 1. The lowest BCUT2D eigenvalue weighted by Gasteiger charge is -2.24. The third-order valence-corrected chi connectivity index (χ3v) is 3.47. The van der Waals surface area contributed by atoms with E-state index < -0.39 is 0 Å². The fourth-order valence-corrected chi connectivity index (χ4v) is 2.44. The Morgan fingerprint density at radius 1 is 1.29 bits per heavy atom. The summed E-state index contributed by atoms with van der Waals surface area (Å²) in [7, 11) is 0. The molecule has 17 heavy (non-hydrogen) atoms. The van der Waals surface area contributed by atoms with Crippen LogP contribution >= 0.6 is 0 Å². The minimum Gasteiger partial charge on any atom is -0.382 e. The molecule has 1 aliphatic rings. The lowest BCUT2D eigenvalue weighted by atomic mass is 9.95. The van der Waals surface area contributed by atoms with Gasteiger partial charge in [-0.1, -0.05) is 25.3 Å². The molecule has 1 fully saturated rings. The van der Waals surface area contributed by atoms with Crippen LogP contribution in [0.25, 0.3) is 0 Å². The molecule has 0 aliphatic heterocycles. The third-order valence-electron chi connectivity index (χ3n) is 3.47. The first kappa shape index (κ1) is 11.9. The summed E-state index contributed by atoms with van der Waals surface area (Å²) in [6.07, 6.45) is 6.16. The van der Waals surface area contributed by atoms with Crippen LogP contribution in [0.4, 0.5) is 11.4 Å². The van der Waals surface area contributed by atoms with Gasteiger partial charge in [0.1, 0.15) is 0 Å². The van der Waals surface area contributed by atoms with Crippen molar-refractivity contribution in [1.29, 1.82) is 0 Å². The Bertz CT molecular complexity index is 412. The van der Waals surface area contributed by atoms with Crippen LogP contribution < -0.4 is 5.32 Å². The van der Waals surface area contributed by atoms with E-state index in [0.29, 0.717) is 6.04 Å². The van der Waals surface area contributed by atoms with E-state index in [9.17, 15) is 10.1 Å². The molecule has 1 N–H and O–H groups in total. The lowest BCUT2D eigenvalue weighted by molar-refractivity contribution is -0.385. The Balaban J connectivity index is 2.15. The van der Waals surface area contributed by atoms with Crippen molar-refractivity contribution in [3.8, 4) is 0 Å². The highest BCUT2D eigenvalue weighted by Gasteiger charge is 2.17. The molecule has 0 radical (unpaired) electrons. The molecule has 2 rings (SSSR count). The zero-order valence-electron chi connectivity index (χ0n) is 10.1. The van der Waals surface area contributed by atoms with Crippen molar-refractivity contribution >= 4 is 11.4 Å². The van der Waals surface area contributed by atoms with Crippen LogP contribution in [0.1, 0.15) is 37.7 Å². The normalized spacial score (nSPS) is 16.8. The highest BCUT2D eigenvalue weighted by molar-refractivity contribution is 5.60. The Morgan fingerprint density at radius 3 is 2.65 bits per heavy atom. The average molecular weight is 234 g/mol. The summed E-state index contributed by atoms with van der Waals surface area (Å²) < 4.78 is 0. The summed E-state index contributed by atoms with van der Waals surface area (Å²) in [5, 5.41) is 14.3. The molecule has 0 saturated heterocycles. The number of benzene rings is 1. The maximum atomic E-state index is 10.8. The molecule has 0 heterocycles. The average Bonchev–Trinajstić information content (AvgIpc) is 2.33. The highest BCUT2D eigenvalue weighted by Crippen LogP contribution is 2.28. The number of nitrogens with one attached hydrogen (secondary N) is 1. The monoisotopic (exact) mass is 234 g/mol. The Hall–Kier alpha value is -1.58. The van der Waals surface area contributed by atoms with Crippen LogP contribution in [0.2, 0.25) is 0 Å². The van der Waals surface area contributed by atoms with Gasteiger partial charge in [-0.3, -0.25) is 10.1 Å². The number of nitro groups is 1. The second-order valence-corrected chi connectivity index (χ2v) is 4.69. The van der Waals surface area contributed by atoms with E-state index in [-0.39, 0.29) is 10.6 Å². The minimum atomic E-state index is -0.318. The fourth-order valence-electron chi connectivity index (χ4n) is 2.44. The first-order chi connectivity index (χ1) is 8.18. The number of rotatable bonds is 3. The van der Waals surface area contributed by atoms with Gasteiger partial charge in [0.25, 0.3) is 5.69 Å². The summed E-state index contributed by atoms with van der Waals surface area (Å²) in [5.74, 6) is 0. The molecule has 92 valence electrons. The summed E-state index contributed by atoms with van der Waals surface area (Å²) in [4.78, 5) is 10.5. The van der Waals surface area contributed by atoms with Gasteiger partial charge in [0.2, 0.25) is 0 Å². The Morgan fingerprint density at radius 2 is 2.00 bits per heavy atom. The van der Waals surface area contributed by atoms with Crippen molar-refractivity contribution in [2.24, 2.45) is 0 Å². The predicted molar refractivity (Wildman–Crippen MR) is 68.3 cm³/mol. The Kier molecular flexibility index (Phi) is 3.61. The van der Waals surface area contributed by atoms with Crippen molar-refractivity contribution in [3.05, 3.63) is 33.9 Å². The SMILES string of the molecule is Cc1c(NC2CCCCC2)cccc1[N+](=O)[O-]. The van der Waals surface area contributed by atoms with Crippen LogP contribution in [0.5, 0.6) is 0 Å². The van der Waals surface area contributed by atoms with Gasteiger partial charge in [-0.2, -0.15) is 0 Å². The number of anilines is 1. The van der Waals surface area contributed by atoms with E-state index in [0.717, 1.165) is 11.3 Å². The van der Waals surface area contributed by atoms with Crippen LogP contribution in [0.3, 0.4) is 0 Å². The molecule has 1 aromatic carbocycles. The van der Waals surface area contributed by atoms with Crippen molar-refractivity contribution in [2.45, 2.75) is 45.1 Å². The molecular weight excluding hydrogens is 216 g/mol. The minimum absolute atomic E-state index is 0.200. The quantitative estimate of drug-likeness (QED) is 0.641. The maximum Gasteiger partial charge on any atom is 0.274 e. The largest absolute Gasteiger partial charge is 0.382 e. The molecular formula is C13H18N2O2. The lowest BCUT2D eigenvalue weighted by Crippen LogP contribution is -2.22. The van der Waals surface area contributed by atoms with Crippen LogP contribution in [-0.4, -0.2) is 11.0 Å². The predicted octanol–water partition coefficient (Wildman–Crippen LogP) is 3.65. The van der Waals surface area contributed by atoms with Crippen molar-refractivity contribution in [3.63, 3.8) is 0 Å². The number of nitro benzene ring substituents is 1. The van der Waals surface area contributed by atoms with E-state index in [1.165, 1.54) is 32.1 Å². The van der Waals surface area contributed by atoms with Crippen molar-refractivity contribution in [2.75, 3.05) is 5.32 Å². The van der Waals surface area contributed by atoms with Gasteiger partial charge in [-0.05, 0) is 25.8 Å². The molecule has 4 nitrogen and oxygen atoms in total. The van der Waals surface area contributed by atoms with Crippen molar-refractivity contribution < 1.29 is 4.92 Å². The molecule has 0 amide bonds. The van der Waals surface area contributed by atoms with Crippen LogP contribution in [0.15, 0.2) is 18.2 Å². The molecule has 0 spiro atoms. The first-order valence-electron chi connectivity index (χ1n) is 6.19. The standard InChI is InChI=1S/C13H18N2O2/c1-10-12(8-5-9-13(10)15(16)17)14-11-6-3-2-4-7-11/h5,8-9,11,14H,2-4,6-7H2,1H3. The summed E-state index contributed by atoms with van der Waals surface area (Å²) in [6, 6.07) is 5.71. The molecule has 4 heteroatoms. The topological polar surface area (TPSA) is 55.2 Å². The molecule has 1 aromatic rings. The zero-order valence-corrected chi connectivity index (χ0v) is 10.1. The van der Waals surface area contributed by atoms with E-state index in [2.05, 4.69) is 5.32 Å². The first-order valence-corrected chi connectivity index (χ1v) is 6.19. The molecule has 1 saturated carbocycles. The maximum absolute atomic E-state index is 10.8. The van der Waals surface area contributed by atoms with Gasteiger partial charge in [0.05, 0.1) is 4.92 Å². The van der Waals surface area contributed by atoms with Gasteiger partial charge < -0.3 is 5.32 Å². The summed E-state index contributed by atoms with van der Waals surface area (Å²) in [6.45, 7) is 1.81. The van der Waals surface area contributed by atoms with E-state index in [1.807, 2.05) is 13.0 Å². The third kappa shape index (κ3) is 2.75. The van der Waals surface area contributed by atoms with Gasteiger partial charge in [0.15, 0.2) is 0 Å². The highest BCUT2D eigenvalue weighted by atomic mass is 16.6. The van der Waals surface area contributed by atoms with Gasteiger partial charge >= 0.3 is 0 Å². The second kappa shape index (κ2) is 5.17. The summed E-state index contributed by atoms with van der Waals surface area (Å²) in [5.41, 5.74) is 1.85. The van der Waals surface area contributed by atoms with Crippen molar-refractivity contribution in [1.82, 2.24) is 0 Å². The fraction of sp³-hybridized carbons (Fsp3) is 0.538. The summed E-state index contributed by atoms with van der Waals surface area (Å²) >= 11 is 0. The zero-order chi connectivity index (χ0) is 12.3. The molecule has 0 bridgehead atoms. The number of hydrogen-bond acceptors (Lipinski definition) is 3. The number of hydrogen-bond donors (Lipinski definition) is 1. The molecule has 0 aromatic heterocycles. The van der Waals surface area contributed by atoms with E-state index in [1.54, 1.807) is 12.1 Å². The van der Waals surface area contributed by atoms with E-state index in [4.69, 9.17) is 0 Å². The van der Waals surface area contributed by atoms with Crippen LogP contribution in [-0.2, 0) is 0 Å². The van der Waals surface area contributed by atoms with Gasteiger partial charge in [-0.15, -0.1) is 0 Å². The second-order valence-electron chi connectivity index (χ2n) is 4.69. The van der Waals surface area contributed by atoms with Gasteiger partial charge in [-0.25, -0.2) is 0 Å². The molecule has 0 unspecified atom stereocenters. The smallest absolute Gasteiger partial charge is 0.274 e. The molecule has 1 aliphatic carbocycles. The molecule has 0 atom stereocenters. The Labute approximate surface area is 101 Å².